The van der Waals surface area contributed by atoms with Gasteiger partial charge in [0.2, 0.25) is 0 Å². The Morgan fingerprint density at radius 3 is 2.59 bits per heavy atom. The van der Waals surface area contributed by atoms with Crippen LogP contribution in [-0.4, -0.2) is 40.8 Å². The molecule has 6 nitrogen and oxygen atoms in total. The maximum absolute atomic E-state index is 11.0. The molecule has 0 aromatic heterocycles. The number of phenols is 1. The molecule has 0 amide bonds. The van der Waals surface area contributed by atoms with Crippen LogP contribution in [0.5, 0.6) is 5.75 Å². The smallest absolute Gasteiger partial charge is 0.337 e. The molecule has 17 heavy (non-hydrogen) atoms. The third-order valence-corrected chi connectivity index (χ3v) is 2.25. The number of aliphatic hydroxyl groups excluding tert-OH is 2. The van der Waals surface area contributed by atoms with Crippen LogP contribution < -0.4 is 0 Å². The monoisotopic (exact) mass is 240 g/mol. The first-order valence-corrected chi connectivity index (χ1v) is 4.73. The van der Waals surface area contributed by atoms with Crippen LogP contribution in [0.25, 0.3) is 0 Å². The van der Waals surface area contributed by atoms with Crippen LogP contribution in [0.3, 0.4) is 0 Å². The molecule has 92 valence electrons. The number of phenolic OH excluding ortho intramolecular Hbond substituents is 1. The Morgan fingerprint density at radius 2 is 2.06 bits per heavy atom. The first-order chi connectivity index (χ1) is 8.01. The van der Waals surface area contributed by atoms with E-state index in [0.717, 1.165) is 7.11 Å². The number of methoxy groups -OCH3 is 1. The maximum Gasteiger partial charge on any atom is 0.337 e. The molecule has 6 heteroatoms. The first kappa shape index (κ1) is 13.1. The molecule has 0 radical (unpaired) electrons. The summed E-state index contributed by atoms with van der Waals surface area (Å²) in [5.74, 6) is -1.36. The molecule has 0 spiro atoms. The van der Waals surface area contributed by atoms with E-state index in [0.29, 0.717) is 6.29 Å². The van der Waals surface area contributed by atoms with Crippen molar-refractivity contribution in [1.29, 1.82) is 0 Å². The Balaban J connectivity index is 3.06. The molecule has 0 aliphatic rings. The topological polar surface area (TPSA) is 104 Å². The van der Waals surface area contributed by atoms with Crippen LogP contribution in [-0.2, 0) is 9.53 Å². The molecule has 2 unspecified atom stereocenters. The highest BCUT2D eigenvalue weighted by Crippen LogP contribution is 2.27. The van der Waals surface area contributed by atoms with Crippen molar-refractivity contribution in [3.63, 3.8) is 0 Å². The molecule has 1 aromatic rings. The Bertz CT molecular complexity index is 428. The fraction of sp³-hybridized carbons (Fsp3) is 0.273. The van der Waals surface area contributed by atoms with Crippen molar-refractivity contribution in [2.75, 3.05) is 7.11 Å². The second kappa shape index (κ2) is 5.42. The van der Waals surface area contributed by atoms with Gasteiger partial charge in [0.15, 0.2) is 6.10 Å². The lowest BCUT2D eigenvalue weighted by Gasteiger charge is -2.17. The molecule has 1 rings (SSSR count). The summed E-state index contributed by atoms with van der Waals surface area (Å²) in [6, 6.07) is 3.70. The number of hydrogen-bond donors (Lipinski definition) is 3. The van der Waals surface area contributed by atoms with Crippen LogP contribution in [0.4, 0.5) is 0 Å². The molecular formula is C11H12O6. The number of hydrogen-bond acceptors (Lipinski definition) is 6. The normalized spacial score (nSPS) is 13.8. The van der Waals surface area contributed by atoms with Gasteiger partial charge in [-0.2, -0.15) is 0 Å². The summed E-state index contributed by atoms with van der Waals surface area (Å²) in [5.41, 5.74) is 0.0846. The Hall–Kier alpha value is -1.92. The molecule has 0 aliphatic carbocycles. The predicted octanol–water partition coefficient (Wildman–Crippen LogP) is -0.228. The van der Waals surface area contributed by atoms with Gasteiger partial charge < -0.3 is 20.1 Å². The highest BCUT2D eigenvalue weighted by molar-refractivity contribution is 5.77. The molecule has 2 atom stereocenters. The maximum atomic E-state index is 11.0. The lowest BCUT2D eigenvalue weighted by atomic mass is 10.0. The molecule has 0 saturated carbocycles. The number of carbonyl (C=O) groups is 2. The lowest BCUT2D eigenvalue weighted by Crippen LogP contribution is -2.29. The summed E-state index contributed by atoms with van der Waals surface area (Å²) in [6.45, 7) is 0. The van der Waals surface area contributed by atoms with E-state index in [4.69, 9.17) is 0 Å². The van der Waals surface area contributed by atoms with Gasteiger partial charge in [0, 0.05) is 11.1 Å². The molecule has 0 aliphatic heterocycles. The first-order valence-electron chi connectivity index (χ1n) is 4.73. The van der Waals surface area contributed by atoms with Crippen LogP contribution in [0, 0.1) is 0 Å². The van der Waals surface area contributed by atoms with Crippen molar-refractivity contribution in [1.82, 2.24) is 0 Å². The minimum Gasteiger partial charge on any atom is -0.508 e. The molecular weight excluding hydrogens is 228 g/mol. The fourth-order valence-electron chi connectivity index (χ4n) is 1.30. The van der Waals surface area contributed by atoms with Gasteiger partial charge in [-0.15, -0.1) is 0 Å². The van der Waals surface area contributed by atoms with E-state index in [1.807, 2.05) is 0 Å². The van der Waals surface area contributed by atoms with Gasteiger partial charge >= 0.3 is 5.97 Å². The van der Waals surface area contributed by atoms with Crippen molar-refractivity contribution in [3.05, 3.63) is 29.3 Å². The number of carbonyl (C=O) groups excluding carboxylic acids is 2. The van der Waals surface area contributed by atoms with Gasteiger partial charge in [-0.25, -0.2) is 4.79 Å². The van der Waals surface area contributed by atoms with E-state index in [2.05, 4.69) is 4.74 Å². The summed E-state index contributed by atoms with van der Waals surface area (Å²) in [6.07, 6.45) is -2.98. The molecule has 0 bridgehead atoms. The number of aliphatic hydroxyl groups is 2. The van der Waals surface area contributed by atoms with Gasteiger partial charge in [0.25, 0.3) is 0 Å². The number of rotatable bonds is 4. The second-order valence-electron chi connectivity index (χ2n) is 3.35. The fourth-order valence-corrected chi connectivity index (χ4v) is 1.30. The molecule has 3 N–H and O–H groups in total. The third-order valence-electron chi connectivity index (χ3n) is 2.25. The van der Waals surface area contributed by atoms with Gasteiger partial charge in [-0.3, -0.25) is 4.79 Å². The van der Waals surface area contributed by atoms with Gasteiger partial charge in [-0.1, -0.05) is 0 Å². The second-order valence-corrected chi connectivity index (χ2v) is 3.35. The predicted molar refractivity (Wildman–Crippen MR) is 56.5 cm³/mol. The lowest BCUT2D eigenvalue weighted by molar-refractivity contribution is -0.156. The van der Waals surface area contributed by atoms with Gasteiger partial charge in [0.05, 0.1) is 7.11 Å². The van der Waals surface area contributed by atoms with Crippen molar-refractivity contribution < 1.29 is 29.6 Å². The summed E-state index contributed by atoms with van der Waals surface area (Å²) < 4.78 is 4.25. The zero-order valence-electron chi connectivity index (χ0n) is 9.03. The van der Waals surface area contributed by atoms with Crippen LogP contribution in [0.1, 0.15) is 22.0 Å². The third kappa shape index (κ3) is 2.80. The van der Waals surface area contributed by atoms with E-state index >= 15 is 0 Å². The van der Waals surface area contributed by atoms with Gasteiger partial charge in [-0.05, 0) is 18.2 Å². The number of aromatic hydroxyl groups is 1. The highest BCUT2D eigenvalue weighted by atomic mass is 16.5. The summed E-state index contributed by atoms with van der Waals surface area (Å²) in [4.78, 5) is 21.5. The van der Waals surface area contributed by atoms with Crippen molar-refractivity contribution in [2.24, 2.45) is 0 Å². The SMILES string of the molecule is COC(=O)C(O)C(O)c1cc(C=O)ccc1O. The average molecular weight is 240 g/mol. The number of ether oxygens (including phenoxy) is 1. The van der Waals surface area contributed by atoms with Gasteiger partial charge in [0.1, 0.15) is 18.1 Å². The van der Waals surface area contributed by atoms with E-state index in [1.54, 1.807) is 0 Å². The van der Waals surface area contributed by atoms with Crippen LogP contribution in [0.2, 0.25) is 0 Å². The summed E-state index contributed by atoms with van der Waals surface area (Å²) in [7, 11) is 1.06. The average Bonchev–Trinajstić information content (AvgIpc) is 2.36. The number of benzene rings is 1. The Kier molecular flexibility index (Phi) is 4.19. The van der Waals surface area contributed by atoms with E-state index in [9.17, 15) is 24.9 Å². The van der Waals surface area contributed by atoms with Crippen LogP contribution >= 0.6 is 0 Å². The number of aldehydes is 1. The molecule has 0 saturated heterocycles. The van der Waals surface area contributed by atoms with Crippen molar-refractivity contribution in [3.8, 4) is 5.75 Å². The minimum absolute atomic E-state index is 0.118. The quantitative estimate of drug-likeness (QED) is 0.496. The zero-order valence-corrected chi connectivity index (χ0v) is 9.03. The Labute approximate surface area is 97.1 Å². The molecule has 0 fully saturated rings. The summed E-state index contributed by atoms with van der Waals surface area (Å²) >= 11 is 0. The summed E-state index contributed by atoms with van der Waals surface area (Å²) in [5, 5.41) is 28.5. The minimum atomic E-state index is -1.83. The van der Waals surface area contributed by atoms with Crippen molar-refractivity contribution >= 4 is 12.3 Å². The van der Waals surface area contributed by atoms with E-state index in [1.165, 1.54) is 18.2 Å². The molecule has 0 heterocycles. The zero-order chi connectivity index (χ0) is 13.0. The molecule has 1 aromatic carbocycles. The van der Waals surface area contributed by atoms with Crippen LogP contribution in [0.15, 0.2) is 18.2 Å². The highest BCUT2D eigenvalue weighted by Gasteiger charge is 2.28. The van der Waals surface area contributed by atoms with Crippen molar-refractivity contribution in [2.45, 2.75) is 12.2 Å². The standard InChI is InChI=1S/C11H12O6/c1-17-11(16)10(15)9(14)7-4-6(5-12)2-3-8(7)13/h2-5,9-10,13-15H,1H3. The largest absolute Gasteiger partial charge is 0.508 e. The number of esters is 1. The van der Waals surface area contributed by atoms with E-state index < -0.39 is 18.2 Å². The van der Waals surface area contributed by atoms with E-state index in [-0.39, 0.29) is 16.9 Å². The Morgan fingerprint density at radius 1 is 1.41 bits per heavy atom.